The Morgan fingerprint density at radius 3 is 2.50 bits per heavy atom. The number of sulfonamides is 1. The topological polar surface area (TPSA) is 81.2 Å². The lowest BCUT2D eigenvalue weighted by molar-refractivity contribution is -0.129. The second kappa shape index (κ2) is 7.35. The van der Waals surface area contributed by atoms with Crippen LogP contribution in [-0.4, -0.2) is 92.2 Å². The Kier molecular flexibility index (Phi) is 6.38. The number of hydrogen-bond donors (Lipinski definition) is 1. The Morgan fingerprint density at radius 1 is 1.30 bits per heavy atom. The number of rotatable bonds is 5. The molecule has 0 radical (unpaired) electrons. The molecule has 1 rings (SSSR count). The summed E-state index contributed by atoms with van der Waals surface area (Å²) in [5.41, 5.74) is 0. The molecule has 1 heterocycles. The van der Waals surface area contributed by atoms with Crippen molar-refractivity contribution in [2.75, 3.05) is 52.6 Å². The highest BCUT2D eigenvalue weighted by Gasteiger charge is 2.23. The van der Waals surface area contributed by atoms with Crippen LogP contribution < -0.4 is 0 Å². The number of aliphatic hydroxyl groups excluding tert-OH is 1. The van der Waals surface area contributed by atoms with Crippen molar-refractivity contribution in [3.8, 4) is 0 Å². The molecule has 0 aromatic rings. The van der Waals surface area contributed by atoms with Crippen LogP contribution >= 0.6 is 0 Å². The second-order valence-electron chi connectivity index (χ2n) is 5.37. The number of carbonyl (C=O) groups is 1. The summed E-state index contributed by atoms with van der Waals surface area (Å²) < 4.78 is 24.5. The zero-order valence-corrected chi connectivity index (χ0v) is 13.3. The minimum absolute atomic E-state index is 0.0407. The maximum absolute atomic E-state index is 11.7. The zero-order chi connectivity index (χ0) is 15.3. The van der Waals surface area contributed by atoms with Crippen LogP contribution in [-0.2, 0) is 14.8 Å². The highest BCUT2D eigenvalue weighted by Crippen LogP contribution is 2.06. The van der Waals surface area contributed by atoms with Gasteiger partial charge in [-0.05, 0) is 13.0 Å². The van der Waals surface area contributed by atoms with Crippen molar-refractivity contribution >= 4 is 15.9 Å². The normalized spacial score (nSPS) is 22.1. The summed E-state index contributed by atoms with van der Waals surface area (Å²) in [7, 11) is -0.119. The summed E-state index contributed by atoms with van der Waals surface area (Å²) in [5, 5.41) is 9.86. The average molecular weight is 307 g/mol. The lowest BCUT2D eigenvalue weighted by atomic mass is 10.3. The lowest BCUT2D eigenvalue weighted by Gasteiger charge is -2.21. The van der Waals surface area contributed by atoms with E-state index in [0.717, 1.165) is 0 Å². The SMILES string of the molecule is CC(=O)N1CCN(CCCS(=O)(=O)N(C)C)C[C@H](O)C1. The molecule has 0 saturated carbocycles. The molecule has 0 bridgehead atoms. The van der Waals surface area contributed by atoms with Crippen LogP contribution in [0.15, 0.2) is 0 Å². The van der Waals surface area contributed by atoms with Crippen molar-refractivity contribution in [1.82, 2.24) is 14.1 Å². The molecule has 1 fully saturated rings. The first kappa shape index (κ1) is 17.4. The van der Waals surface area contributed by atoms with Crippen molar-refractivity contribution in [3.63, 3.8) is 0 Å². The molecule has 0 spiro atoms. The van der Waals surface area contributed by atoms with E-state index >= 15 is 0 Å². The smallest absolute Gasteiger partial charge is 0.219 e. The van der Waals surface area contributed by atoms with Crippen LogP contribution in [0.5, 0.6) is 0 Å². The fourth-order valence-corrected chi connectivity index (χ4v) is 3.06. The first-order chi connectivity index (χ1) is 9.22. The molecule has 1 amide bonds. The Morgan fingerprint density at radius 2 is 1.95 bits per heavy atom. The third kappa shape index (κ3) is 5.35. The molecule has 1 aliphatic heterocycles. The van der Waals surface area contributed by atoms with Crippen LogP contribution in [0.2, 0.25) is 0 Å². The van der Waals surface area contributed by atoms with E-state index < -0.39 is 16.1 Å². The van der Waals surface area contributed by atoms with Gasteiger partial charge in [-0.2, -0.15) is 0 Å². The van der Waals surface area contributed by atoms with Gasteiger partial charge in [-0.15, -0.1) is 0 Å². The molecule has 0 aromatic heterocycles. The summed E-state index contributed by atoms with van der Waals surface area (Å²) in [6.45, 7) is 4.17. The minimum Gasteiger partial charge on any atom is -0.390 e. The number of nitrogens with zero attached hydrogens (tertiary/aromatic N) is 3. The standard InChI is InChI=1S/C12H25N3O4S/c1-11(16)15-7-6-14(9-12(17)10-15)5-4-8-20(18,19)13(2)3/h12,17H,4-10H2,1-3H3/t12-/m0/s1. The van der Waals surface area contributed by atoms with Gasteiger partial charge in [-0.3, -0.25) is 9.69 Å². The van der Waals surface area contributed by atoms with Crippen LogP contribution in [0.1, 0.15) is 13.3 Å². The molecule has 0 aromatic carbocycles. The van der Waals surface area contributed by atoms with E-state index in [1.807, 2.05) is 4.90 Å². The van der Waals surface area contributed by atoms with Crippen LogP contribution in [0, 0.1) is 0 Å². The molecular weight excluding hydrogens is 282 g/mol. The van der Waals surface area contributed by atoms with Crippen molar-refractivity contribution in [1.29, 1.82) is 0 Å². The molecule has 0 aliphatic carbocycles. The zero-order valence-electron chi connectivity index (χ0n) is 12.4. The third-order valence-electron chi connectivity index (χ3n) is 3.46. The third-order valence-corrected chi connectivity index (χ3v) is 5.38. The summed E-state index contributed by atoms with van der Waals surface area (Å²) >= 11 is 0. The van der Waals surface area contributed by atoms with Gasteiger partial charge in [0.15, 0.2) is 0 Å². The van der Waals surface area contributed by atoms with E-state index in [0.29, 0.717) is 39.1 Å². The molecule has 1 N–H and O–H groups in total. The summed E-state index contributed by atoms with van der Waals surface area (Å²) in [6, 6.07) is 0. The first-order valence-corrected chi connectivity index (χ1v) is 8.39. The van der Waals surface area contributed by atoms with E-state index in [9.17, 15) is 18.3 Å². The molecule has 8 heteroatoms. The number of β-amino-alcohol motifs (C(OH)–C–C–N with tert-alkyl or cyclic N) is 1. The van der Waals surface area contributed by atoms with Crippen LogP contribution in [0.25, 0.3) is 0 Å². The fraction of sp³-hybridized carbons (Fsp3) is 0.917. The molecule has 1 saturated heterocycles. The van der Waals surface area contributed by atoms with Gasteiger partial charge in [-0.1, -0.05) is 0 Å². The minimum atomic E-state index is -3.17. The number of amides is 1. The molecule has 1 atom stereocenters. The lowest BCUT2D eigenvalue weighted by Crippen LogP contribution is -2.36. The Balaban J connectivity index is 2.43. The highest BCUT2D eigenvalue weighted by molar-refractivity contribution is 7.89. The summed E-state index contributed by atoms with van der Waals surface area (Å²) in [6.07, 6.45) is -0.0558. The van der Waals surface area contributed by atoms with Gasteiger partial charge in [0.2, 0.25) is 15.9 Å². The maximum atomic E-state index is 11.7. The van der Waals surface area contributed by atoms with Crippen molar-refractivity contribution in [2.45, 2.75) is 19.4 Å². The van der Waals surface area contributed by atoms with E-state index in [2.05, 4.69) is 0 Å². The molecular formula is C12H25N3O4S. The second-order valence-corrected chi connectivity index (χ2v) is 7.67. The van der Waals surface area contributed by atoms with Crippen molar-refractivity contribution in [3.05, 3.63) is 0 Å². The van der Waals surface area contributed by atoms with E-state index in [1.54, 1.807) is 4.90 Å². The Bertz CT molecular complexity index is 424. The Labute approximate surface area is 121 Å². The van der Waals surface area contributed by atoms with E-state index in [4.69, 9.17) is 0 Å². The maximum Gasteiger partial charge on any atom is 0.219 e. The van der Waals surface area contributed by atoms with E-state index in [-0.39, 0.29) is 11.7 Å². The van der Waals surface area contributed by atoms with Gasteiger partial charge in [0.05, 0.1) is 11.9 Å². The number of carbonyl (C=O) groups excluding carboxylic acids is 1. The number of hydrogen-bond acceptors (Lipinski definition) is 5. The monoisotopic (exact) mass is 307 g/mol. The van der Waals surface area contributed by atoms with Gasteiger partial charge in [-0.25, -0.2) is 12.7 Å². The largest absolute Gasteiger partial charge is 0.390 e. The first-order valence-electron chi connectivity index (χ1n) is 6.78. The molecule has 118 valence electrons. The summed E-state index contributed by atoms with van der Waals surface area (Å²) in [5.74, 6) is 0.0596. The van der Waals surface area contributed by atoms with Gasteiger partial charge in [0.1, 0.15) is 0 Å². The average Bonchev–Trinajstić information content (AvgIpc) is 2.50. The Hall–Kier alpha value is -0.700. The van der Waals surface area contributed by atoms with Crippen LogP contribution in [0.3, 0.4) is 0 Å². The molecule has 0 unspecified atom stereocenters. The van der Waals surface area contributed by atoms with Gasteiger partial charge >= 0.3 is 0 Å². The molecule has 7 nitrogen and oxygen atoms in total. The number of aliphatic hydroxyl groups is 1. The molecule has 20 heavy (non-hydrogen) atoms. The van der Waals surface area contributed by atoms with Gasteiger partial charge in [0.25, 0.3) is 0 Å². The van der Waals surface area contributed by atoms with Crippen molar-refractivity contribution < 1.29 is 18.3 Å². The van der Waals surface area contributed by atoms with E-state index in [1.165, 1.54) is 25.3 Å². The predicted molar refractivity (Wildman–Crippen MR) is 76.8 cm³/mol. The summed E-state index contributed by atoms with van der Waals surface area (Å²) in [4.78, 5) is 15.0. The van der Waals surface area contributed by atoms with Crippen LogP contribution in [0.4, 0.5) is 0 Å². The van der Waals surface area contributed by atoms with Gasteiger partial charge < -0.3 is 10.0 Å². The predicted octanol–water partition coefficient (Wildman–Crippen LogP) is -1.21. The van der Waals surface area contributed by atoms with Crippen molar-refractivity contribution in [2.24, 2.45) is 0 Å². The molecule has 1 aliphatic rings. The fourth-order valence-electron chi connectivity index (χ4n) is 2.20. The quantitative estimate of drug-likeness (QED) is 0.689. The highest BCUT2D eigenvalue weighted by atomic mass is 32.2. The van der Waals surface area contributed by atoms with Gasteiger partial charge in [0, 0.05) is 47.2 Å².